The van der Waals surface area contributed by atoms with Gasteiger partial charge in [-0.1, -0.05) is 29.8 Å². The predicted molar refractivity (Wildman–Crippen MR) is 131 cm³/mol. The topological polar surface area (TPSA) is 116 Å². The average molecular weight is 566 g/mol. The lowest BCUT2D eigenvalue weighted by molar-refractivity contribution is -0.192. The average Bonchev–Trinajstić information content (AvgIpc) is 2.87. The van der Waals surface area contributed by atoms with Gasteiger partial charge in [0, 0.05) is 49.9 Å². The first-order valence-corrected chi connectivity index (χ1v) is 13.0. The first kappa shape index (κ1) is 30.4. The van der Waals surface area contributed by atoms with Gasteiger partial charge < -0.3 is 20.1 Å². The molecular formula is C23H27ClF3N3O6S. The minimum atomic E-state index is -5.08. The third-order valence-corrected chi connectivity index (χ3v) is 7.49. The molecule has 0 aromatic heterocycles. The zero-order chi connectivity index (χ0) is 27.6. The van der Waals surface area contributed by atoms with Crippen LogP contribution in [-0.4, -0.2) is 86.4 Å². The number of sulfonamides is 1. The monoisotopic (exact) mass is 565 g/mol. The fourth-order valence-electron chi connectivity index (χ4n) is 3.28. The summed E-state index contributed by atoms with van der Waals surface area (Å²) in [7, 11) is -1.90. The van der Waals surface area contributed by atoms with Gasteiger partial charge in [-0.2, -0.15) is 17.5 Å². The van der Waals surface area contributed by atoms with Gasteiger partial charge in [-0.15, -0.1) is 0 Å². The third-order valence-electron chi connectivity index (χ3n) is 5.27. The Morgan fingerprint density at radius 1 is 1.11 bits per heavy atom. The van der Waals surface area contributed by atoms with Crippen LogP contribution in [0.3, 0.4) is 0 Å². The number of piperazine rings is 1. The van der Waals surface area contributed by atoms with E-state index in [-0.39, 0.29) is 24.7 Å². The summed E-state index contributed by atoms with van der Waals surface area (Å²) in [6.45, 7) is 2.45. The highest BCUT2D eigenvalue weighted by molar-refractivity contribution is 7.89. The third kappa shape index (κ3) is 9.50. The number of hydrogen-bond acceptors (Lipinski definition) is 6. The Kier molecular flexibility index (Phi) is 11.2. The highest BCUT2D eigenvalue weighted by Crippen LogP contribution is 2.20. The van der Waals surface area contributed by atoms with Crippen LogP contribution in [0.15, 0.2) is 48.5 Å². The zero-order valence-corrected chi connectivity index (χ0v) is 21.4. The molecule has 0 radical (unpaired) electrons. The summed E-state index contributed by atoms with van der Waals surface area (Å²) < 4.78 is 63.9. The van der Waals surface area contributed by atoms with Crippen molar-refractivity contribution in [3.05, 3.63) is 64.7 Å². The molecule has 2 N–H and O–H groups in total. The minimum Gasteiger partial charge on any atom is -0.497 e. The Morgan fingerprint density at radius 3 is 2.19 bits per heavy atom. The molecule has 0 aliphatic carbocycles. The van der Waals surface area contributed by atoms with Crippen LogP contribution in [0.2, 0.25) is 5.02 Å². The highest BCUT2D eigenvalue weighted by atomic mass is 35.5. The van der Waals surface area contributed by atoms with Crippen molar-refractivity contribution >= 4 is 33.5 Å². The van der Waals surface area contributed by atoms with Crippen molar-refractivity contribution in [1.29, 1.82) is 0 Å². The van der Waals surface area contributed by atoms with E-state index in [4.69, 9.17) is 26.2 Å². The fourth-order valence-corrected chi connectivity index (χ4v) is 4.92. The van der Waals surface area contributed by atoms with E-state index in [1.54, 1.807) is 37.4 Å². The number of nitrogens with zero attached hydrogens (tertiary/aromatic N) is 2. The summed E-state index contributed by atoms with van der Waals surface area (Å²) in [5.74, 6) is -2.51. The highest BCUT2D eigenvalue weighted by Gasteiger charge is 2.38. The Hall–Kier alpha value is -2.87. The van der Waals surface area contributed by atoms with Crippen molar-refractivity contribution in [1.82, 2.24) is 14.5 Å². The Balaban J connectivity index is 0.000000604. The smallest absolute Gasteiger partial charge is 0.490 e. The largest absolute Gasteiger partial charge is 0.497 e. The van der Waals surface area contributed by atoms with Crippen LogP contribution in [0.1, 0.15) is 15.9 Å². The lowest BCUT2D eigenvalue weighted by atomic mass is 10.1. The van der Waals surface area contributed by atoms with Gasteiger partial charge in [0.25, 0.3) is 5.91 Å². The van der Waals surface area contributed by atoms with E-state index in [1.165, 1.54) is 9.21 Å². The van der Waals surface area contributed by atoms with Gasteiger partial charge in [0.2, 0.25) is 10.0 Å². The summed E-state index contributed by atoms with van der Waals surface area (Å²) in [4.78, 5) is 23.6. The lowest BCUT2D eigenvalue weighted by Gasteiger charge is -2.29. The second-order valence-corrected chi connectivity index (χ2v) is 10.3. The van der Waals surface area contributed by atoms with E-state index in [2.05, 4.69) is 5.32 Å². The standard InChI is InChI=1S/C21H26ClN3O4S.C2HF3O2/c1-29-19-8-6-17(7-9-19)21(26)24(16-18-4-2-3-5-20(18)22)14-15-30(27,28)25-12-10-23-11-13-25;3-2(4,5)1(6)7/h2-9,23H,10-16H2,1H3;(H,6,7). The first-order chi connectivity index (χ1) is 17.3. The number of carbonyl (C=O) groups is 2. The number of methoxy groups -OCH3 is 1. The van der Waals surface area contributed by atoms with Crippen molar-refractivity contribution in [3.63, 3.8) is 0 Å². The van der Waals surface area contributed by atoms with E-state index in [9.17, 15) is 26.4 Å². The molecule has 1 aliphatic rings. The number of alkyl halides is 3. The van der Waals surface area contributed by atoms with E-state index < -0.39 is 22.2 Å². The molecule has 0 unspecified atom stereocenters. The maximum Gasteiger partial charge on any atom is 0.490 e. The van der Waals surface area contributed by atoms with Crippen LogP contribution >= 0.6 is 11.6 Å². The van der Waals surface area contributed by atoms with Crippen molar-refractivity contribution < 1.29 is 41.0 Å². The van der Waals surface area contributed by atoms with Crippen LogP contribution in [0.5, 0.6) is 5.75 Å². The number of halogens is 4. The van der Waals surface area contributed by atoms with Gasteiger partial charge in [0.1, 0.15) is 5.75 Å². The zero-order valence-electron chi connectivity index (χ0n) is 19.9. The van der Waals surface area contributed by atoms with Gasteiger partial charge in [0.05, 0.1) is 12.9 Å². The number of carbonyl (C=O) groups excluding carboxylic acids is 1. The van der Waals surface area contributed by atoms with Crippen LogP contribution < -0.4 is 10.1 Å². The van der Waals surface area contributed by atoms with Gasteiger partial charge >= 0.3 is 12.1 Å². The van der Waals surface area contributed by atoms with Gasteiger partial charge in [-0.25, -0.2) is 13.2 Å². The van der Waals surface area contributed by atoms with Crippen molar-refractivity contribution in [2.45, 2.75) is 12.7 Å². The number of hydrogen-bond donors (Lipinski definition) is 2. The Morgan fingerprint density at radius 2 is 1.68 bits per heavy atom. The SMILES string of the molecule is COc1ccc(C(=O)N(CCS(=O)(=O)N2CCNCC2)Cc2ccccc2Cl)cc1.O=C(O)C(F)(F)F. The molecule has 204 valence electrons. The molecule has 3 rings (SSSR count). The van der Waals surface area contributed by atoms with Crippen LogP contribution in [-0.2, 0) is 21.4 Å². The number of nitrogens with one attached hydrogen (secondary N) is 1. The molecular weight excluding hydrogens is 539 g/mol. The van der Waals surface area contributed by atoms with Gasteiger partial charge in [0.15, 0.2) is 0 Å². The maximum absolute atomic E-state index is 13.2. The quantitative estimate of drug-likeness (QED) is 0.505. The van der Waals surface area contributed by atoms with Crippen LogP contribution in [0, 0.1) is 0 Å². The van der Waals surface area contributed by atoms with Crippen LogP contribution in [0.4, 0.5) is 13.2 Å². The number of carboxylic acid groups (broad SMARTS) is 1. The second-order valence-electron chi connectivity index (χ2n) is 7.81. The molecule has 0 bridgehead atoms. The number of benzene rings is 2. The second kappa shape index (κ2) is 13.6. The van der Waals surface area contributed by atoms with Gasteiger partial charge in [-0.05, 0) is 35.9 Å². The molecule has 14 heteroatoms. The number of aliphatic carboxylic acids is 1. The summed E-state index contributed by atoms with van der Waals surface area (Å²) in [6, 6.07) is 14.0. The lowest BCUT2D eigenvalue weighted by Crippen LogP contribution is -2.48. The molecule has 2 aromatic carbocycles. The molecule has 1 aliphatic heterocycles. The molecule has 0 saturated carbocycles. The van der Waals surface area contributed by atoms with E-state index in [0.29, 0.717) is 42.5 Å². The number of rotatable bonds is 8. The Bertz CT molecular complexity index is 1160. The molecule has 1 saturated heterocycles. The van der Waals surface area contributed by atoms with Crippen molar-refractivity contribution in [3.8, 4) is 5.75 Å². The molecule has 37 heavy (non-hydrogen) atoms. The normalized spacial score (nSPS) is 14.3. The number of carboxylic acids is 1. The molecule has 1 heterocycles. The maximum atomic E-state index is 13.2. The van der Waals surface area contributed by atoms with E-state index in [0.717, 1.165) is 5.56 Å². The van der Waals surface area contributed by atoms with Gasteiger partial charge in [-0.3, -0.25) is 4.79 Å². The predicted octanol–water partition coefficient (Wildman–Crippen LogP) is 2.86. The summed E-state index contributed by atoms with van der Waals surface area (Å²) in [6.07, 6.45) is -5.08. The minimum absolute atomic E-state index is 0.0718. The summed E-state index contributed by atoms with van der Waals surface area (Å²) in [5, 5.41) is 10.8. The van der Waals surface area contributed by atoms with Crippen LogP contribution in [0.25, 0.3) is 0 Å². The molecule has 1 fully saturated rings. The fraction of sp³-hybridized carbons (Fsp3) is 0.391. The number of amides is 1. The van der Waals surface area contributed by atoms with E-state index >= 15 is 0 Å². The Labute approximate surface area is 217 Å². The molecule has 2 aromatic rings. The van der Waals surface area contributed by atoms with Crippen molar-refractivity contribution in [2.24, 2.45) is 0 Å². The molecule has 9 nitrogen and oxygen atoms in total. The van der Waals surface area contributed by atoms with Crippen molar-refractivity contribution in [2.75, 3.05) is 45.6 Å². The first-order valence-electron chi connectivity index (χ1n) is 11.0. The molecule has 1 amide bonds. The van der Waals surface area contributed by atoms with E-state index in [1.807, 2.05) is 18.2 Å². The summed E-state index contributed by atoms with van der Waals surface area (Å²) in [5.41, 5.74) is 1.23. The molecule has 0 spiro atoms. The number of ether oxygens (including phenoxy) is 1. The molecule has 0 atom stereocenters. The summed E-state index contributed by atoms with van der Waals surface area (Å²) >= 11 is 6.28.